The summed E-state index contributed by atoms with van der Waals surface area (Å²) < 4.78 is 10.2. The Kier molecular flexibility index (Phi) is 20.9. The average Bonchev–Trinajstić information content (AvgIpc) is 2.64. The van der Waals surface area contributed by atoms with E-state index in [4.69, 9.17) is 9.47 Å². The van der Waals surface area contributed by atoms with Crippen LogP contribution >= 0.6 is 0 Å². The van der Waals surface area contributed by atoms with Crippen LogP contribution in [-0.2, 0) is 19.1 Å². The van der Waals surface area contributed by atoms with E-state index >= 15 is 0 Å². The molecule has 0 aromatic rings. The Morgan fingerprint density at radius 3 is 1.41 bits per heavy atom. The van der Waals surface area contributed by atoms with Crippen molar-refractivity contribution in [3.8, 4) is 0 Å². The zero-order chi connectivity index (χ0) is 21.1. The summed E-state index contributed by atoms with van der Waals surface area (Å²) in [6.07, 6.45) is 19.9. The highest BCUT2D eigenvalue weighted by Crippen LogP contribution is 2.16. The molecule has 0 heterocycles. The van der Waals surface area contributed by atoms with Gasteiger partial charge in [0.25, 0.3) is 0 Å². The number of unbranched alkanes of at least 4 members (excludes halogenated alkanes) is 14. The van der Waals surface area contributed by atoms with Crippen LogP contribution < -0.4 is 6.15 Å². The number of hydrogen-bond donors (Lipinski definition) is 1. The molecule has 0 amide bonds. The zero-order valence-electron chi connectivity index (χ0n) is 19.9. The van der Waals surface area contributed by atoms with Crippen LogP contribution in [0.2, 0.25) is 0 Å². The molecule has 5 nitrogen and oxygen atoms in total. The number of ether oxygens (including phenoxy) is 2. The summed E-state index contributed by atoms with van der Waals surface area (Å²) in [4.78, 5) is 23.6. The lowest BCUT2D eigenvalue weighted by molar-refractivity contribution is -0.178. The lowest BCUT2D eigenvalue weighted by Gasteiger charge is -2.22. The van der Waals surface area contributed by atoms with Crippen LogP contribution in [0.25, 0.3) is 0 Å². The maximum atomic E-state index is 11.9. The topological polar surface area (TPSA) is 87.6 Å². The van der Waals surface area contributed by atoms with Crippen molar-refractivity contribution >= 4 is 11.9 Å². The van der Waals surface area contributed by atoms with E-state index in [9.17, 15) is 9.59 Å². The number of carbonyl (C=O) groups is 2. The summed E-state index contributed by atoms with van der Waals surface area (Å²) in [5, 5.41) is 0. The Morgan fingerprint density at radius 2 is 1.03 bits per heavy atom. The van der Waals surface area contributed by atoms with Gasteiger partial charge >= 0.3 is 11.9 Å². The second kappa shape index (κ2) is 20.2. The van der Waals surface area contributed by atoms with E-state index in [0.29, 0.717) is 13.0 Å². The smallest absolute Gasteiger partial charge is 0.349 e. The van der Waals surface area contributed by atoms with Crippen molar-refractivity contribution in [3.05, 3.63) is 0 Å². The van der Waals surface area contributed by atoms with Gasteiger partial charge in [-0.2, -0.15) is 0 Å². The molecule has 0 saturated carbocycles. The van der Waals surface area contributed by atoms with Crippen molar-refractivity contribution in [1.82, 2.24) is 6.15 Å². The minimum absolute atomic E-state index is 0. The van der Waals surface area contributed by atoms with Gasteiger partial charge in [-0.15, -0.1) is 0 Å². The Bertz CT molecular complexity index is 396. The summed E-state index contributed by atoms with van der Waals surface area (Å²) in [7, 11) is 0. The molecule has 0 saturated heterocycles. The number of hydrogen-bond acceptors (Lipinski definition) is 5. The maximum absolute atomic E-state index is 11.9. The van der Waals surface area contributed by atoms with E-state index in [2.05, 4.69) is 6.92 Å². The highest BCUT2D eigenvalue weighted by Gasteiger charge is 2.33. The van der Waals surface area contributed by atoms with Crippen molar-refractivity contribution in [2.75, 3.05) is 6.61 Å². The van der Waals surface area contributed by atoms with E-state index in [0.717, 1.165) is 12.8 Å². The lowest BCUT2D eigenvalue weighted by atomic mass is 10.0. The third-order valence-corrected chi connectivity index (χ3v) is 5.12. The summed E-state index contributed by atoms with van der Waals surface area (Å²) in [6.45, 7) is 7.46. The van der Waals surface area contributed by atoms with Gasteiger partial charge in [0, 0.05) is 6.42 Å². The third kappa shape index (κ3) is 18.7. The van der Waals surface area contributed by atoms with Crippen molar-refractivity contribution < 1.29 is 19.1 Å². The molecule has 5 heteroatoms. The molecular weight excluding hydrogens is 366 g/mol. The van der Waals surface area contributed by atoms with Gasteiger partial charge in [0.2, 0.25) is 5.60 Å². The molecule has 0 fully saturated rings. The molecule has 0 aromatic heterocycles. The molecule has 0 aliphatic heterocycles. The van der Waals surface area contributed by atoms with Crippen LogP contribution in [0.5, 0.6) is 0 Å². The van der Waals surface area contributed by atoms with Crippen molar-refractivity contribution in [2.24, 2.45) is 0 Å². The van der Waals surface area contributed by atoms with E-state index in [-0.39, 0.29) is 12.1 Å². The Hall–Kier alpha value is -1.10. The molecule has 0 unspecified atom stereocenters. The second-order valence-electron chi connectivity index (χ2n) is 8.40. The SMILES string of the molecule is CCCCCCCCCCCCCCCCCC(=O)OC(C)(C)C(=O)OCC.N. The van der Waals surface area contributed by atoms with E-state index < -0.39 is 11.6 Å². The number of carbonyl (C=O) groups excluding carboxylic acids is 2. The van der Waals surface area contributed by atoms with Gasteiger partial charge < -0.3 is 15.6 Å². The van der Waals surface area contributed by atoms with E-state index in [1.165, 1.54) is 83.5 Å². The molecule has 0 radical (unpaired) electrons. The standard InChI is InChI=1S/C24H46O4.H3N/c1-5-7-8-9-10-11-12-13-14-15-16-17-18-19-20-21-22(25)28-24(3,4)23(26)27-6-2;/h5-21H2,1-4H3;1H3. The van der Waals surface area contributed by atoms with Gasteiger partial charge in [0.1, 0.15) is 0 Å². The van der Waals surface area contributed by atoms with Crippen molar-refractivity contribution in [2.45, 2.75) is 136 Å². The van der Waals surface area contributed by atoms with Gasteiger partial charge in [-0.25, -0.2) is 4.79 Å². The molecule has 0 atom stereocenters. The normalized spacial score (nSPS) is 11.0. The fourth-order valence-corrected chi connectivity index (χ4v) is 3.32. The van der Waals surface area contributed by atoms with Crippen molar-refractivity contribution in [3.63, 3.8) is 0 Å². The number of rotatable bonds is 19. The maximum Gasteiger partial charge on any atom is 0.349 e. The molecule has 0 aliphatic carbocycles. The fraction of sp³-hybridized carbons (Fsp3) is 0.917. The quantitative estimate of drug-likeness (QED) is 0.177. The molecule has 0 spiro atoms. The molecule has 0 aliphatic rings. The highest BCUT2D eigenvalue weighted by atomic mass is 16.6. The van der Waals surface area contributed by atoms with Crippen LogP contribution in [0.1, 0.15) is 130 Å². The van der Waals surface area contributed by atoms with Crippen molar-refractivity contribution in [1.29, 1.82) is 0 Å². The van der Waals surface area contributed by atoms with Crippen LogP contribution in [0.15, 0.2) is 0 Å². The zero-order valence-corrected chi connectivity index (χ0v) is 19.9. The molecule has 0 rings (SSSR count). The predicted octanol–water partition coefficient (Wildman–Crippen LogP) is 7.29. The lowest BCUT2D eigenvalue weighted by Crippen LogP contribution is -2.38. The van der Waals surface area contributed by atoms with Crippen LogP contribution in [0, 0.1) is 0 Å². The van der Waals surface area contributed by atoms with E-state index in [1.54, 1.807) is 20.8 Å². The summed E-state index contributed by atoms with van der Waals surface area (Å²) in [6, 6.07) is 0. The predicted molar refractivity (Wildman–Crippen MR) is 121 cm³/mol. The monoisotopic (exact) mass is 415 g/mol. The first-order valence-corrected chi connectivity index (χ1v) is 11.8. The fourth-order valence-electron chi connectivity index (χ4n) is 3.32. The molecular formula is C24H49NO4. The second-order valence-corrected chi connectivity index (χ2v) is 8.40. The van der Waals surface area contributed by atoms with Gasteiger partial charge in [0.05, 0.1) is 6.61 Å². The minimum atomic E-state index is -1.19. The Labute approximate surface area is 180 Å². The Morgan fingerprint density at radius 1 is 0.655 bits per heavy atom. The molecule has 0 bridgehead atoms. The molecule has 174 valence electrons. The first-order valence-electron chi connectivity index (χ1n) is 11.8. The highest BCUT2D eigenvalue weighted by molar-refractivity contribution is 5.82. The first kappa shape index (κ1) is 30.1. The summed E-state index contributed by atoms with van der Waals surface area (Å²) in [5.41, 5.74) is -1.19. The molecule has 29 heavy (non-hydrogen) atoms. The first-order chi connectivity index (χ1) is 13.4. The summed E-state index contributed by atoms with van der Waals surface area (Å²) >= 11 is 0. The van der Waals surface area contributed by atoms with Gasteiger partial charge in [0.15, 0.2) is 0 Å². The van der Waals surface area contributed by atoms with Gasteiger partial charge in [-0.1, -0.05) is 96.8 Å². The average molecular weight is 416 g/mol. The Balaban J connectivity index is 0. The number of esters is 2. The largest absolute Gasteiger partial charge is 0.463 e. The van der Waals surface area contributed by atoms with Gasteiger partial charge in [-0.3, -0.25) is 4.79 Å². The van der Waals surface area contributed by atoms with Crippen LogP contribution in [0.4, 0.5) is 0 Å². The summed E-state index contributed by atoms with van der Waals surface area (Å²) in [5.74, 6) is -0.799. The molecule has 3 N–H and O–H groups in total. The molecule has 0 aromatic carbocycles. The minimum Gasteiger partial charge on any atom is -0.463 e. The van der Waals surface area contributed by atoms with E-state index in [1.807, 2.05) is 0 Å². The van der Waals surface area contributed by atoms with Crippen LogP contribution in [-0.4, -0.2) is 24.1 Å². The van der Waals surface area contributed by atoms with Gasteiger partial charge in [-0.05, 0) is 27.2 Å². The third-order valence-electron chi connectivity index (χ3n) is 5.12. The van der Waals surface area contributed by atoms with Crippen LogP contribution in [0.3, 0.4) is 0 Å².